The highest BCUT2D eigenvalue weighted by Gasteiger charge is 2.35. The molecule has 4 nitrogen and oxygen atoms in total. The van der Waals surface area contributed by atoms with Gasteiger partial charge in [0, 0.05) is 26.0 Å². The van der Waals surface area contributed by atoms with Crippen LogP contribution in [0.3, 0.4) is 0 Å². The van der Waals surface area contributed by atoms with Gasteiger partial charge in [0.05, 0.1) is 9.35 Å². The van der Waals surface area contributed by atoms with E-state index < -0.39 is 0 Å². The molecule has 1 aliphatic rings. The van der Waals surface area contributed by atoms with Crippen LogP contribution in [-0.2, 0) is 4.79 Å². The number of hydrogen-bond acceptors (Lipinski definition) is 3. The maximum atomic E-state index is 12.3. The Morgan fingerprint density at radius 1 is 1.50 bits per heavy atom. The fraction of sp³-hybridized carbons (Fsp3) is 0.500. The summed E-state index contributed by atoms with van der Waals surface area (Å²) in [4.78, 5) is 27.6. The highest BCUT2D eigenvalue weighted by atomic mass is 79.9. The first-order valence-corrected chi connectivity index (χ1v) is 7.44. The lowest BCUT2D eigenvalue weighted by molar-refractivity contribution is -0.132. The number of halogens is 1. The molecule has 0 bridgehead atoms. The second-order valence-electron chi connectivity index (χ2n) is 4.53. The Kier molecular flexibility index (Phi) is 4.07. The number of nitrogens with zero attached hydrogens (tertiary/aromatic N) is 2. The predicted octanol–water partition coefficient (Wildman–Crippen LogP) is 2.20. The Morgan fingerprint density at radius 3 is 2.78 bits per heavy atom. The average molecular weight is 331 g/mol. The van der Waals surface area contributed by atoms with Crippen LogP contribution in [0.25, 0.3) is 0 Å². The molecule has 1 aliphatic heterocycles. The molecule has 98 valence electrons. The van der Waals surface area contributed by atoms with E-state index in [1.54, 1.807) is 23.9 Å². The first-order chi connectivity index (χ1) is 8.50. The molecule has 0 N–H and O–H groups in total. The fourth-order valence-electron chi connectivity index (χ4n) is 2.15. The van der Waals surface area contributed by atoms with Gasteiger partial charge in [-0.2, -0.15) is 0 Å². The second-order valence-corrected chi connectivity index (χ2v) is 6.82. The molecule has 1 unspecified atom stereocenters. The number of amides is 2. The van der Waals surface area contributed by atoms with Crippen molar-refractivity contribution in [2.24, 2.45) is 0 Å². The van der Waals surface area contributed by atoms with Gasteiger partial charge in [-0.05, 0) is 34.8 Å². The molecule has 2 amide bonds. The number of hydrogen-bond donors (Lipinski definition) is 0. The van der Waals surface area contributed by atoms with Gasteiger partial charge < -0.3 is 9.80 Å². The maximum absolute atomic E-state index is 12.3. The summed E-state index contributed by atoms with van der Waals surface area (Å²) in [7, 11) is 3.45. The van der Waals surface area contributed by atoms with Gasteiger partial charge in [-0.1, -0.05) is 0 Å². The molecule has 0 radical (unpaired) electrons. The third kappa shape index (κ3) is 2.59. The normalized spacial score (nSPS) is 19.1. The molecule has 1 aromatic rings. The molecule has 6 heteroatoms. The van der Waals surface area contributed by atoms with Crippen molar-refractivity contribution >= 4 is 39.1 Å². The van der Waals surface area contributed by atoms with E-state index in [1.165, 1.54) is 11.3 Å². The largest absolute Gasteiger partial charge is 0.347 e. The van der Waals surface area contributed by atoms with Crippen molar-refractivity contribution in [3.63, 3.8) is 0 Å². The van der Waals surface area contributed by atoms with Crippen molar-refractivity contribution < 1.29 is 9.59 Å². The van der Waals surface area contributed by atoms with E-state index in [4.69, 9.17) is 0 Å². The zero-order valence-electron chi connectivity index (χ0n) is 10.4. The minimum Gasteiger partial charge on any atom is -0.347 e. The lowest BCUT2D eigenvalue weighted by atomic mass is 10.2. The monoisotopic (exact) mass is 330 g/mol. The maximum Gasteiger partial charge on any atom is 0.255 e. The van der Waals surface area contributed by atoms with E-state index in [9.17, 15) is 9.59 Å². The number of rotatable bonds is 2. The predicted molar refractivity (Wildman–Crippen MR) is 74.8 cm³/mol. The van der Waals surface area contributed by atoms with Crippen molar-refractivity contribution in [1.82, 2.24) is 9.80 Å². The van der Waals surface area contributed by atoms with Crippen molar-refractivity contribution in [1.29, 1.82) is 0 Å². The summed E-state index contributed by atoms with van der Waals surface area (Å²) in [6.45, 7) is 0.663. The highest BCUT2D eigenvalue weighted by molar-refractivity contribution is 9.11. The smallest absolute Gasteiger partial charge is 0.255 e. The van der Waals surface area contributed by atoms with Crippen molar-refractivity contribution in [3.05, 3.63) is 20.8 Å². The van der Waals surface area contributed by atoms with Crippen molar-refractivity contribution in [2.75, 3.05) is 20.6 Å². The summed E-state index contributed by atoms with van der Waals surface area (Å²) in [6.07, 6.45) is 1.65. The fourth-order valence-corrected chi connectivity index (χ4v) is 3.28. The van der Waals surface area contributed by atoms with E-state index in [1.807, 2.05) is 11.4 Å². The summed E-state index contributed by atoms with van der Waals surface area (Å²) in [5.41, 5.74) is 0.658. The number of carbonyl (C=O) groups is 2. The van der Waals surface area contributed by atoms with Gasteiger partial charge in [-0.25, -0.2) is 0 Å². The number of thiophene rings is 1. The van der Waals surface area contributed by atoms with Crippen LogP contribution in [0.15, 0.2) is 15.2 Å². The van der Waals surface area contributed by atoms with E-state index in [2.05, 4.69) is 15.9 Å². The summed E-state index contributed by atoms with van der Waals surface area (Å²) in [6, 6.07) is 1.51. The van der Waals surface area contributed by atoms with Gasteiger partial charge in [0.25, 0.3) is 5.91 Å². The minimum absolute atomic E-state index is 0.00939. The SMILES string of the molecule is CN(C)C(=O)C1CCCN1C(=O)c1csc(Br)c1. The summed E-state index contributed by atoms with van der Waals surface area (Å²) in [5, 5.41) is 1.82. The van der Waals surface area contributed by atoms with E-state index in [-0.39, 0.29) is 17.9 Å². The Morgan fingerprint density at radius 2 is 2.22 bits per heavy atom. The van der Waals surface area contributed by atoms with E-state index in [0.29, 0.717) is 12.1 Å². The standard InChI is InChI=1S/C12H15BrN2O2S/c1-14(2)12(17)9-4-3-5-15(9)11(16)8-6-10(13)18-7-8/h6-7,9H,3-5H2,1-2H3. The van der Waals surface area contributed by atoms with Crippen LogP contribution in [0.2, 0.25) is 0 Å². The molecule has 0 spiro atoms. The second kappa shape index (κ2) is 5.40. The van der Waals surface area contributed by atoms with Gasteiger partial charge in [0.15, 0.2) is 0 Å². The van der Waals surface area contributed by atoms with Crippen LogP contribution in [0.5, 0.6) is 0 Å². The number of likely N-dealkylation sites (tertiary alicyclic amines) is 1. The average Bonchev–Trinajstić information content (AvgIpc) is 2.95. The lowest BCUT2D eigenvalue weighted by Gasteiger charge is -2.25. The quantitative estimate of drug-likeness (QED) is 0.834. The zero-order valence-corrected chi connectivity index (χ0v) is 12.8. The Labute approximate surface area is 119 Å². The Bertz CT molecular complexity index is 472. The van der Waals surface area contributed by atoms with Crippen molar-refractivity contribution in [2.45, 2.75) is 18.9 Å². The first-order valence-electron chi connectivity index (χ1n) is 5.77. The van der Waals surface area contributed by atoms with Gasteiger partial charge in [-0.3, -0.25) is 9.59 Å². The molecule has 1 aromatic heterocycles. The molecular formula is C12H15BrN2O2S. The third-order valence-electron chi connectivity index (χ3n) is 3.05. The molecule has 1 saturated heterocycles. The summed E-state index contributed by atoms with van der Waals surface area (Å²) >= 11 is 4.83. The third-order valence-corrected chi connectivity index (χ3v) is 4.56. The van der Waals surface area contributed by atoms with Gasteiger partial charge in [0.1, 0.15) is 6.04 Å². The van der Waals surface area contributed by atoms with Crippen LogP contribution in [0.1, 0.15) is 23.2 Å². The number of carbonyl (C=O) groups excluding carboxylic acids is 2. The molecule has 0 aliphatic carbocycles. The highest BCUT2D eigenvalue weighted by Crippen LogP contribution is 2.26. The van der Waals surface area contributed by atoms with Crippen LogP contribution in [0.4, 0.5) is 0 Å². The molecule has 0 saturated carbocycles. The topological polar surface area (TPSA) is 40.6 Å². The van der Waals surface area contributed by atoms with Gasteiger partial charge >= 0.3 is 0 Å². The van der Waals surface area contributed by atoms with E-state index in [0.717, 1.165) is 16.6 Å². The first kappa shape index (κ1) is 13.5. The van der Waals surface area contributed by atoms with Gasteiger partial charge in [-0.15, -0.1) is 11.3 Å². The molecule has 18 heavy (non-hydrogen) atoms. The Hall–Kier alpha value is -0.880. The van der Waals surface area contributed by atoms with E-state index >= 15 is 0 Å². The molecule has 1 atom stereocenters. The van der Waals surface area contributed by atoms with Crippen LogP contribution < -0.4 is 0 Å². The Balaban J connectivity index is 2.17. The zero-order chi connectivity index (χ0) is 13.3. The van der Waals surface area contributed by atoms with Crippen molar-refractivity contribution in [3.8, 4) is 0 Å². The van der Waals surface area contributed by atoms with Crippen LogP contribution >= 0.6 is 27.3 Å². The molecule has 2 rings (SSSR count). The molecule has 0 aromatic carbocycles. The molecule has 1 fully saturated rings. The van der Waals surface area contributed by atoms with Crippen LogP contribution in [0, 0.1) is 0 Å². The minimum atomic E-state index is -0.300. The summed E-state index contributed by atoms with van der Waals surface area (Å²) < 4.78 is 0.931. The van der Waals surface area contributed by atoms with Gasteiger partial charge in [0.2, 0.25) is 5.91 Å². The summed E-state index contributed by atoms with van der Waals surface area (Å²) in [5.74, 6) is -0.0372. The number of likely N-dealkylation sites (N-methyl/N-ethyl adjacent to an activating group) is 1. The molecular weight excluding hydrogens is 316 g/mol. The van der Waals surface area contributed by atoms with Crippen LogP contribution in [-0.4, -0.2) is 48.3 Å². The molecule has 2 heterocycles. The lowest BCUT2D eigenvalue weighted by Crippen LogP contribution is -2.45.